The molecular formula is C31H41NO6. The van der Waals surface area contributed by atoms with E-state index in [9.17, 15) is 4.79 Å². The molecule has 4 aliphatic carbocycles. The van der Waals surface area contributed by atoms with Crippen molar-refractivity contribution in [3.8, 4) is 0 Å². The van der Waals surface area contributed by atoms with Crippen molar-refractivity contribution in [3.05, 3.63) is 47.5 Å². The Bertz CT molecular complexity index is 1110. The van der Waals surface area contributed by atoms with Crippen LogP contribution in [0.25, 0.3) is 0 Å². The Balaban J connectivity index is 1.37. The zero-order valence-corrected chi connectivity index (χ0v) is 23.0. The molecule has 0 amide bonds. The SMILES string of the molecule is CCN1CC2(COC)CCC(OC)C34C2=CC(OC13)C1CC(OC)C2CC4C1C2OC(=O)c1ccccc1. The van der Waals surface area contributed by atoms with Gasteiger partial charge in [0, 0.05) is 45.1 Å². The number of fused-ring (bicyclic) bond motifs is 1. The normalized spacial score (nSPS) is 46.4. The summed E-state index contributed by atoms with van der Waals surface area (Å²) in [5.41, 5.74) is 1.79. The van der Waals surface area contributed by atoms with Crippen molar-refractivity contribution < 1.29 is 28.5 Å². The van der Waals surface area contributed by atoms with Gasteiger partial charge in [-0.05, 0) is 61.8 Å². The number of methoxy groups -OCH3 is 3. The lowest BCUT2D eigenvalue weighted by Crippen LogP contribution is -2.72. The van der Waals surface area contributed by atoms with Crippen LogP contribution in [0.1, 0.15) is 43.0 Å². The summed E-state index contributed by atoms with van der Waals surface area (Å²) in [7, 11) is 5.51. The Labute approximate surface area is 225 Å². The molecule has 7 heteroatoms. The predicted octanol–water partition coefficient (Wildman–Crippen LogP) is 3.93. The van der Waals surface area contributed by atoms with Crippen LogP contribution in [0, 0.1) is 34.5 Å². The zero-order chi connectivity index (χ0) is 26.2. The van der Waals surface area contributed by atoms with Gasteiger partial charge in [0.05, 0.1) is 35.9 Å². The van der Waals surface area contributed by atoms with Crippen LogP contribution in [0.5, 0.6) is 0 Å². The molecule has 5 fully saturated rings. The fraction of sp³-hybridized carbons (Fsp3) is 0.710. The van der Waals surface area contributed by atoms with E-state index in [4.69, 9.17) is 23.7 Å². The Morgan fingerprint density at radius 2 is 1.92 bits per heavy atom. The molecule has 8 rings (SSSR count). The number of carbonyl (C=O) groups excluding carboxylic acids is 1. The minimum absolute atomic E-state index is 0.0334. The topological polar surface area (TPSA) is 66.5 Å². The molecule has 2 saturated heterocycles. The number of ether oxygens (including phenoxy) is 5. The van der Waals surface area contributed by atoms with E-state index in [-0.39, 0.29) is 71.1 Å². The summed E-state index contributed by atoms with van der Waals surface area (Å²) < 4.78 is 32.1. The maximum absolute atomic E-state index is 13.4. The van der Waals surface area contributed by atoms with E-state index in [2.05, 4.69) is 17.9 Å². The Kier molecular flexibility index (Phi) is 6.06. The van der Waals surface area contributed by atoms with Crippen LogP contribution >= 0.6 is 0 Å². The molecule has 11 unspecified atom stereocenters. The molecule has 206 valence electrons. The minimum Gasteiger partial charge on any atom is -0.458 e. The average molecular weight is 524 g/mol. The average Bonchev–Trinajstić information content (AvgIpc) is 3.07. The lowest BCUT2D eigenvalue weighted by molar-refractivity contribution is -0.251. The zero-order valence-electron chi connectivity index (χ0n) is 23.0. The molecule has 7 nitrogen and oxygen atoms in total. The van der Waals surface area contributed by atoms with Gasteiger partial charge in [0.15, 0.2) is 0 Å². The number of hydrogen-bond donors (Lipinski definition) is 0. The van der Waals surface area contributed by atoms with Crippen LogP contribution in [0.2, 0.25) is 0 Å². The van der Waals surface area contributed by atoms with Gasteiger partial charge in [0.2, 0.25) is 0 Å². The fourth-order valence-corrected chi connectivity index (χ4v) is 10.1. The minimum atomic E-state index is -0.287. The summed E-state index contributed by atoms with van der Waals surface area (Å²) in [5, 5.41) is 0. The third kappa shape index (κ3) is 3.17. The number of nitrogens with zero attached hydrogens (tertiary/aromatic N) is 1. The number of likely N-dealkylation sites (tertiary alicyclic amines) is 1. The van der Waals surface area contributed by atoms with Gasteiger partial charge in [0.25, 0.3) is 0 Å². The molecule has 1 aromatic carbocycles. The second-order valence-corrected chi connectivity index (χ2v) is 12.5. The second-order valence-electron chi connectivity index (χ2n) is 12.5. The molecule has 0 radical (unpaired) electrons. The molecule has 38 heavy (non-hydrogen) atoms. The van der Waals surface area contributed by atoms with Crippen molar-refractivity contribution in [1.82, 2.24) is 4.90 Å². The highest BCUT2D eigenvalue weighted by molar-refractivity contribution is 5.89. The van der Waals surface area contributed by atoms with Gasteiger partial charge in [0.1, 0.15) is 12.3 Å². The van der Waals surface area contributed by atoms with Crippen molar-refractivity contribution in [2.24, 2.45) is 34.5 Å². The molecule has 3 saturated carbocycles. The molecule has 1 aromatic rings. The van der Waals surface area contributed by atoms with Crippen LogP contribution in [0.4, 0.5) is 0 Å². The van der Waals surface area contributed by atoms with E-state index >= 15 is 0 Å². The highest BCUT2D eigenvalue weighted by atomic mass is 16.6. The standard InChI is InChI=1S/C31H41NO6/c1-5-32-16-30(17-34-2)12-11-25(36-4)31-21-13-20-22(35-3)14-19(23(15-24(30)31)37-29(31)32)26(21)27(20)38-28(33)18-9-7-6-8-10-18/h6-10,15,19-23,25-27,29H,5,11-14,16-17H2,1-4H3. The summed E-state index contributed by atoms with van der Waals surface area (Å²) in [6, 6.07) is 9.39. The van der Waals surface area contributed by atoms with Crippen LogP contribution < -0.4 is 0 Å². The van der Waals surface area contributed by atoms with Crippen LogP contribution in [0.15, 0.2) is 42.0 Å². The molecule has 7 aliphatic rings. The Morgan fingerprint density at radius 3 is 2.63 bits per heavy atom. The van der Waals surface area contributed by atoms with Crippen molar-refractivity contribution in [2.45, 2.75) is 63.3 Å². The van der Waals surface area contributed by atoms with Crippen LogP contribution in [-0.2, 0) is 23.7 Å². The van der Waals surface area contributed by atoms with Crippen molar-refractivity contribution in [2.75, 3.05) is 41.0 Å². The first-order valence-electron chi connectivity index (χ1n) is 14.4. The highest BCUT2D eigenvalue weighted by Crippen LogP contribution is 2.72. The third-order valence-electron chi connectivity index (χ3n) is 11.3. The molecule has 0 N–H and O–H groups in total. The van der Waals surface area contributed by atoms with E-state index in [0.29, 0.717) is 12.2 Å². The summed E-state index contributed by atoms with van der Waals surface area (Å²) in [5.74, 6) is 0.646. The molecule has 11 atom stereocenters. The molecule has 3 heterocycles. The summed E-state index contributed by atoms with van der Waals surface area (Å²) in [6.07, 6.45) is 6.23. The molecule has 3 aliphatic heterocycles. The molecular weight excluding hydrogens is 482 g/mol. The van der Waals surface area contributed by atoms with Gasteiger partial charge >= 0.3 is 5.97 Å². The Morgan fingerprint density at radius 1 is 1.11 bits per heavy atom. The molecule has 0 aromatic heterocycles. The van der Waals surface area contributed by atoms with E-state index in [1.807, 2.05) is 51.7 Å². The van der Waals surface area contributed by atoms with E-state index in [0.717, 1.165) is 38.8 Å². The number of rotatable bonds is 7. The first kappa shape index (κ1) is 25.2. The highest BCUT2D eigenvalue weighted by Gasteiger charge is 2.76. The number of piperidine rings is 1. The number of benzene rings is 1. The molecule has 7 bridgehead atoms. The summed E-state index contributed by atoms with van der Waals surface area (Å²) in [6.45, 7) is 4.84. The largest absolute Gasteiger partial charge is 0.458 e. The predicted molar refractivity (Wildman–Crippen MR) is 140 cm³/mol. The molecule has 1 spiro atoms. The van der Waals surface area contributed by atoms with Gasteiger partial charge in [-0.3, -0.25) is 4.90 Å². The number of carbonyl (C=O) groups is 1. The number of esters is 1. The third-order valence-corrected chi connectivity index (χ3v) is 11.3. The van der Waals surface area contributed by atoms with E-state index < -0.39 is 0 Å². The van der Waals surface area contributed by atoms with Crippen molar-refractivity contribution in [3.63, 3.8) is 0 Å². The second kappa shape index (κ2) is 9.13. The van der Waals surface area contributed by atoms with Crippen LogP contribution in [0.3, 0.4) is 0 Å². The number of hydrogen-bond acceptors (Lipinski definition) is 7. The van der Waals surface area contributed by atoms with Crippen molar-refractivity contribution >= 4 is 5.97 Å². The summed E-state index contributed by atoms with van der Waals surface area (Å²) in [4.78, 5) is 16.0. The van der Waals surface area contributed by atoms with Gasteiger partial charge in [-0.1, -0.05) is 31.2 Å². The monoisotopic (exact) mass is 523 g/mol. The fourth-order valence-electron chi connectivity index (χ4n) is 10.1. The quantitative estimate of drug-likeness (QED) is 0.396. The maximum Gasteiger partial charge on any atom is 0.338 e. The van der Waals surface area contributed by atoms with Gasteiger partial charge in [-0.15, -0.1) is 0 Å². The first-order chi connectivity index (χ1) is 18.5. The first-order valence-corrected chi connectivity index (χ1v) is 14.4. The van der Waals surface area contributed by atoms with Crippen molar-refractivity contribution in [1.29, 1.82) is 0 Å². The smallest absolute Gasteiger partial charge is 0.338 e. The maximum atomic E-state index is 13.4. The van der Waals surface area contributed by atoms with Crippen LogP contribution in [-0.4, -0.2) is 82.5 Å². The van der Waals surface area contributed by atoms with E-state index in [1.165, 1.54) is 5.57 Å². The summed E-state index contributed by atoms with van der Waals surface area (Å²) >= 11 is 0. The van der Waals surface area contributed by atoms with Gasteiger partial charge in [-0.2, -0.15) is 0 Å². The lowest BCUT2D eigenvalue weighted by Gasteiger charge is -2.67. The van der Waals surface area contributed by atoms with Gasteiger partial charge < -0.3 is 23.7 Å². The lowest BCUT2D eigenvalue weighted by atomic mass is 9.48. The van der Waals surface area contributed by atoms with E-state index in [1.54, 1.807) is 0 Å². The van der Waals surface area contributed by atoms with Gasteiger partial charge in [-0.25, -0.2) is 4.79 Å². The Hall–Kier alpha value is -1.77.